The smallest absolute Gasteiger partial charge is 0.310 e. The Labute approximate surface area is 311 Å². The fourth-order valence-electron chi connectivity index (χ4n) is 5.99. The molecule has 0 aliphatic rings. The summed E-state index contributed by atoms with van der Waals surface area (Å²) in [6.07, 6.45) is 57.4. The summed E-state index contributed by atoms with van der Waals surface area (Å²) < 4.78 is 11.1. The Morgan fingerprint density at radius 3 is 1.18 bits per heavy atom. The zero-order chi connectivity index (χ0) is 36.3. The van der Waals surface area contributed by atoms with Crippen molar-refractivity contribution in [1.82, 2.24) is 0 Å². The van der Waals surface area contributed by atoms with Gasteiger partial charge in [-0.05, 0) is 38.5 Å². The first-order valence-electron chi connectivity index (χ1n) is 21.4. The lowest BCUT2D eigenvalue weighted by Gasteiger charge is -2.15. The third-order valence-electron chi connectivity index (χ3n) is 9.14. The third-order valence-corrected chi connectivity index (χ3v) is 9.14. The van der Waals surface area contributed by atoms with Crippen molar-refractivity contribution in [2.45, 2.75) is 206 Å². The van der Waals surface area contributed by atoms with Crippen molar-refractivity contribution in [3.8, 4) is 0 Å². The van der Waals surface area contributed by atoms with Crippen LogP contribution in [0.1, 0.15) is 200 Å². The van der Waals surface area contributed by atoms with Gasteiger partial charge in [-0.15, -0.1) is 0 Å². The van der Waals surface area contributed by atoms with E-state index < -0.39 is 6.10 Å². The second-order valence-electron chi connectivity index (χ2n) is 14.1. The van der Waals surface area contributed by atoms with Gasteiger partial charge in [0.15, 0.2) is 0 Å². The summed E-state index contributed by atoms with van der Waals surface area (Å²) in [5, 5.41) is 9.57. The molecule has 0 spiro atoms. The molecule has 1 N–H and O–H groups in total. The molecule has 0 heterocycles. The van der Waals surface area contributed by atoms with Crippen molar-refractivity contribution in [2.75, 3.05) is 19.8 Å². The largest absolute Gasteiger partial charge is 0.457 e. The van der Waals surface area contributed by atoms with Crippen LogP contribution in [0, 0.1) is 0 Å². The molecular weight excluding hydrogens is 617 g/mol. The molecule has 4 nitrogen and oxygen atoms in total. The molecule has 0 aromatic heterocycles. The lowest BCUT2D eigenvalue weighted by molar-refractivity contribution is -0.153. The summed E-state index contributed by atoms with van der Waals surface area (Å²) in [6.45, 7) is 5.14. The highest BCUT2D eigenvalue weighted by atomic mass is 16.6. The molecule has 290 valence electrons. The number of aliphatic hydroxyl groups is 1. The summed E-state index contributed by atoms with van der Waals surface area (Å²) in [4.78, 5) is 12.1. The van der Waals surface area contributed by atoms with Crippen molar-refractivity contribution in [3.63, 3.8) is 0 Å². The summed E-state index contributed by atoms with van der Waals surface area (Å²) in [5.74, 6) is -0.325. The SMILES string of the molecule is CC/C=C\C/C=C\C/C=C\C/C=C\C/C=C\CC(=O)OC(CO)COCCCCCCCCCCCCCCCCCCCCCCCCC. The van der Waals surface area contributed by atoms with Crippen LogP contribution in [-0.4, -0.2) is 37.0 Å². The molecule has 1 atom stereocenters. The van der Waals surface area contributed by atoms with Crippen LogP contribution in [0.5, 0.6) is 0 Å². The highest BCUT2D eigenvalue weighted by Gasteiger charge is 2.12. The van der Waals surface area contributed by atoms with Gasteiger partial charge in [0, 0.05) is 6.61 Å². The summed E-state index contributed by atoms with van der Waals surface area (Å²) >= 11 is 0. The second kappa shape index (κ2) is 43.3. The van der Waals surface area contributed by atoms with Gasteiger partial charge in [0.05, 0.1) is 19.6 Å². The second-order valence-corrected chi connectivity index (χ2v) is 14.1. The molecule has 50 heavy (non-hydrogen) atoms. The Balaban J connectivity index is 3.47. The van der Waals surface area contributed by atoms with Gasteiger partial charge in [-0.25, -0.2) is 0 Å². The van der Waals surface area contributed by atoms with Crippen LogP contribution in [0.15, 0.2) is 60.8 Å². The Kier molecular flexibility index (Phi) is 41.6. The van der Waals surface area contributed by atoms with E-state index in [-0.39, 0.29) is 25.6 Å². The fourth-order valence-corrected chi connectivity index (χ4v) is 5.99. The molecule has 0 fully saturated rings. The Hall–Kier alpha value is -1.91. The fraction of sp³-hybridized carbons (Fsp3) is 0.761. The minimum absolute atomic E-state index is 0.212. The zero-order valence-electron chi connectivity index (χ0n) is 33.2. The number of esters is 1. The topological polar surface area (TPSA) is 55.8 Å². The van der Waals surface area contributed by atoms with Crippen LogP contribution in [-0.2, 0) is 14.3 Å². The number of aliphatic hydroxyl groups excluding tert-OH is 1. The van der Waals surface area contributed by atoms with E-state index in [1.165, 1.54) is 141 Å². The van der Waals surface area contributed by atoms with E-state index in [0.29, 0.717) is 6.61 Å². The molecule has 0 rings (SSSR count). The summed E-state index contributed by atoms with van der Waals surface area (Å²) in [7, 11) is 0. The van der Waals surface area contributed by atoms with Gasteiger partial charge in [0.1, 0.15) is 6.10 Å². The van der Waals surface area contributed by atoms with Gasteiger partial charge in [-0.3, -0.25) is 4.79 Å². The molecule has 1 unspecified atom stereocenters. The normalized spacial score (nSPS) is 12.9. The van der Waals surface area contributed by atoms with Crippen LogP contribution in [0.25, 0.3) is 0 Å². The lowest BCUT2D eigenvalue weighted by Crippen LogP contribution is -2.27. The Morgan fingerprint density at radius 2 is 0.820 bits per heavy atom. The number of hydrogen-bond acceptors (Lipinski definition) is 4. The van der Waals surface area contributed by atoms with Crippen molar-refractivity contribution in [2.24, 2.45) is 0 Å². The van der Waals surface area contributed by atoms with E-state index in [4.69, 9.17) is 9.47 Å². The van der Waals surface area contributed by atoms with Crippen molar-refractivity contribution in [1.29, 1.82) is 0 Å². The monoisotopic (exact) mass is 699 g/mol. The van der Waals surface area contributed by atoms with E-state index in [1.54, 1.807) is 0 Å². The Bertz CT molecular complexity index is 824. The highest BCUT2D eigenvalue weighted by Crippen LogP contribution is 2.15. The van der Waals surface area contributed by atoms with Gasteiger partial charge in [0.2, 0.25) is 0 Å². The number of rotatable bonds is 39. The first-order valence-corrected chi connectivity index (χ1v) is 21.4. The van der Waals surface area contributed by atoms with Gasteiger partial charge in [-0.1, -0.05) is 216 Å². The molecule has 0 saturated heterocycles. The Morgan fingerprint density at radius 1 is 0.480 bits per heavy atom. The molecule has 0 aromatic carbocycles. The molecule has 0 aliphatic carbocycles. The first kappa shape index (κ1) is 48.1. The van der Waals surface area contributed by atoms with E-state index in [2.05, 4.69) is 62.5 Å². The van der Waals surface area contributed by atoms with E-state index in [9.17, 15) is 9.90 Å². The third kappa shape index (κ3) is 40.5. The van der Waals surface area contributed by atoms with E-state index >= 15 is 0 Å². The van der Waals surface area contributed by atoms with Crippen LogP contribution in [0.3, 0.4) is 0 Å². The molecule has 4 heteroatoms. The predicted molar refractivity (Wildman–Crippen MR) is 219 cm³/mol. The van der Waals surface area contributed by atoms with E-state index in [0.717, 1.165) is 38.5 Å². The number of ether oxygens (including phenoxy) is 2. The molecule has 0 bridgehead atoms. The van der Waals surface area contributed by atoms with Crippen LogP contribution in [0.2, 0.25) is 0 Å². The minimum Gasteiger partial charge on any atom is -0.457 e. The molecule has 0 radical (unpaired) electrons. The standard InChI is InChI=1S/C46H82O4/c1-3-5-7-9-11-13-15-17-19-20-21-22-23-24-25-26-28-30-32-34-36-38-40-42-49-44-45(43-47)50-46(48)41-39-37-35-33-31-29-27-18-16-14-12-10-8-6-4-2/h6,8,12,14,18,27,31,33,37,39,45,47H,3-5,7,9-11,13,15-17,19-26,28-30,32,34-36,38,40-44H2,1-2H3/b8-6-,14-12-,27-18-,33-31-,39-37-. The van der Waals surface area contributed by atoms with Crippen LogP contribution in [0.4, 0.5) is 0 Å². The summed E-state index contributed by atoms with van der Waals surface area (Å²) in [6, 6.07) is 0. The lowest BCUT2D eigenvalue weighted by atomic mass is 10.0. The van der Waals surface area contributed by atoms with Gasteiger partial charge in [-0.2, -0.15) is 0 Å². The van der Waals surface area contributed by atoms with Crippen molar-refractivity contribution in [3.05, 3.63) is 60.8 Å². The zero-order valence-corrected chi connectivity index (χ0v) is 33.2. The average molecular weight is 699 g/mol. The van der Waals surface area contributed by atoms with Gasteiger partial charge in [0.25, 0.3) is 0 Å². The van der Waals surface area contributed by atoms with Gasteiger partial charge < -0.3 is 14.6 Å². The van der Waals surface area contributed by atoms with Crippen LogP contribution < -0.4 is 0 Å². The van der Waals surface area contributed by atoms with Gasteiger partial charge >= 0.3 is 5.97 Å². The molecule has 0 aliphatic heterocycles. The minimum atomic E-state index is -0.588. The van der Waals surface area contributed by atoms with Crippen molar-refractivity contribution >= 4 is 5.97 Å². The summed E-state index contributed by atoms with van der Waals surface area (Å²) in [5.41, 5.74) is 0. The number of hydrogen-bond donors (Lipinski definition) is 1. The highest BCUT2D eigenvalue weighted by molar-refractivity contribution is 5.71. The molecule has 0 aromatic rings. The van der Waals surface area contributed by atoms with E-state index in [1.807, 2.05) is 12.2 Å². The maximum atomic E-state index is 12.1. The average Bonchev–Trinajstić information content (AvgIpc) is 3.12. The molecular formula is C46H82O4. The molecule has 0 amide bonds. The quantitative estimate of drug-likeness (QED) is 0.0394. The number of carbonyl (C=O) groups is 1. The maximum Gasteiger partial charge on any atom is 0.310 e. The molecule has 0 saturated carbocycles. The van der Waals surface area contributed by atoms with Crippen molar-refractivity contribution < 1.29 is 19.4 Å². The predicted octanol–water partition coefficient (Wildman–Crippen LogP) is 14.0. The maximum absolute atomic E-state index is 12.1. The number of carbonyl (C=O) groups excluding carboxylic acids is 1. The number of allylic oxidation sites excluding steroid dienone is 9. The van der Waals surface area contributed by atoms with Crippen LogP contribution >= 0.6 is 0 Å². The number of unbranched alkanes of at least 4 members (excludes halogenated alkanes) is 22. The first-order chi connectivity index (χ1) is 24.7.